The molecule has 0 unspecified atom stereocenters. The van der Waals surface area contributed by atoms with Crippen LogP contribution in [0.2, 0.25) is 0 Å². The Bertz CT molecular complexity index is 398. The summed E-state index contributed by atoms with van der Waals surface area (Å²) in [6.07, 6.45) is 6.38. The van der Waals surface area contributed by atoms with Gasteiger partial charge in [0.1, 0.15) is 0 Å². The minimum absolute atomic E-state index is 0.0231. The highest BCUT2D eigenvalue weighted by atomic mass is 16.4. The Morgan fingerprint density at radius 1 is 1.47 bits per heavy atom. The lowest BCUT2D eigenvalue weighted by Crippen LogP contribution is -1.90. The Hall–Kier alpha value is -2.17. The lowest BCUT2D eigenvalue weighted by atomic mass is 10.5. The topological polar surface area (TPSA) is 76.2 Å². The zero-order chi connectivity index (χ0) is 11.1. The zero-order valence-corrected chi connectivity index (χ0v) is 8.12. The number of hydrogen-bond donors (Lipinski definition) is 1. The van der Waals surface area contributed by atoms with Crippen LogP contribution in [-0.4, -0.2) is 21.0 Å². The number of aromatic nitrogens is 2. The molecule has 0 aliphatic carbocycles. The van der Waals surface area contributed by atoms with Crippen LogP contribution in [0, 0.1) is 6.92 Å². The van der Waals surface area contributed by atoms with Crippen molar-refractivity contribution in [2.24, 2.45) is 0 Å². The van der Waals surface area contributed by atoms with E-state index in [1.807, 2.05) is 6.92 Å². The Labute approximate surface area is 86.4 Å². The summed E-state index contributed by atoms with van der Waals surface area (Å²) in [7, 11) is 0. The third-order valence-electron chi connectivity index (χ3n) is 1.42. The molecule has 78 valence electrons. The minimum atomic E-state index is -1.03. The van der Waals surface area contributed by atoms with Gasteiger partial charge in [-0.25, -0.2) is 4.79 Å². The maximum absolute atomic E-state index is 9.97. The van der Waals surface area contributed by atoms with Crippen molar-refractivity contribution in [3.05, 3.63) is 48.4 Å². The van der Waals surface area contributed by atoms with Crippen molar-refractivity contribution in [1.29, 1.82) is 0 Å². The van der Waals surface area contributed by atoms with Crippen molar-refractivity contribution in [2.75, 3.05) is 0 Å². The van der Waals surface area contributed by atoms with Gasteiger partial charge in [0, 0.05) is 18.6 Å². The van der Waals surface area contributed by atoms with Crippen LogP contribution in [0.15, 0.2) is 41.4 Å². The average Bonchev–Trinajstić information content (AvgIpc) is 2.72. The molecule has 0 radical (unpaired) electrons. The molecule has 2 aromatic heterocycles. The molecule has 0 spiro atoms. The van der Waals surface area contributed by atoms with Gasteiger partial charge >= 0.3 is 5.97 Å². The Kier molecular flexibility index (Phi) is 4.03. The quantitative estimate of drug-likeness (QED) is 0.769. The Balaban J connectivity index is 0.000000151. The van der Waals surface area contributed by atoms with Crippen LogP contribution in [0.25, 0.3) is 0 Å². The van der Waals surface area contributed by atoms with Gasteiger partial charge in [0.25, 0.3) is 0 Å². The van der Waals surface area contributed by atoms with Gasteiger partial charge in [-0.15, -0.1) is 0 Å². The van der Waals surface area contributed by atoms with E-state index in [2.05, 4.69) is 14.4 Å². The van der Waals surface area contributed by atoms with E-state index in [4.69, 9.17) is 5.11 Å². The first-order valence-corrected chi connectivity index (χ1v) is 4.19. The zero-order valence-electron chi connectivity index (χ0n) is 8.12. The van der Waals surface area contributed by atoms with Crippen molar-refractivity contribution < 1.29 is 14.3 Å². The molecule has 2 heterocycles. The molecule has 0 saturated carbocycles. The van der Waals surface area contributed by atoms with Crippen molar-refractivity contribution >= 4 is 5.97 Å². The second-order valence-corrected chi connectivity index (χ2v) is 2.63. The van der Waals surface area contributed by atoms with E-state index in [1.54, 1.807) is 18.6 Å². The third kappa shape index (κ3) is 4.04. The van der Waals surface area contributed by atoms with E-state index in [0.717, 1.165) is 5.69 Å². The standard InChI is InChI=1S/C5H6N2.C5H4O3/c1-5-4-6-2-3-7-5;6-5(7)4-2-1-3-8-4/h2-4H,1H3;1-3H,(H,6,7). The number of aryl methyl sites for hydroxylation is 1. The third-order valence-corrected chi connectivity index (χ3v) is 1.42. The normalized spacial score (nSPS) is 8.87. The first-order chi connectivity index (χ1) is 7.20. The number of carboxylic acids is 1. The van der Waals surface area contributed by atoms with Gasteiger partial charge in [0.2, 0.25) is 5.76 Å². The molecule has 2 aromatic rings. The summed E-state index contributed by atoms with van der Waals surface area (Å²) in [4.78, 5) is 17.7. The first-order valence-electron chi connectivity index (χ1n) is 4.19. The maximum atomic E-state index is 9.97. The van der Waals surface area contributed by atoms with Crippen molar-refractivity contribution in [2.45, 2.75) is 6.92 Å². The molecule has 1 N–H and O–H groups in total. The van der Waals surface area contributed by atoms with Gasteiger partial charge in [-0.1, -0.05) is 0 Å². The van der Waals surface area contributed by atoms with Crippen LogP contribution in [0.4, 0.5) is 0 Å². The number of aromatic carboxylic acids is 1. The summed E-state index contributed by atoms with van der Waals surface area (Å²) < 4.78 is 4.50. The van der Waals surface area contributed by atoms with Gasteiger partial charge in [-0.05, 0) is 19.1 Å². The van der Waals surface area contributed by atoms with Crippen LogP contribution in [-0.2, 0) is 0 Å². The summed E-state index contributed by atoms with van der Waals surface area (Å²) in [5.41, 5.74) is 0.961. The molecule has 0 amide bonds. The van der Waals surface area contributed by atoms with E-state index in [0.29, 0.717) is 0 Å². The summed E-state index contributed by atoms with van der Waals surface area (Å²) >= 11 is 0. The molecule has 0 aliphatic heterocycles. The smallest absolute Gasteiger partial charge is 0.371 e. The van der Waals surface area contributed by atoms with E-state index >= 15 is 0 Å². The number of hydrogen-bond acceptors (Lipinski definition) is 4. The summed E-state index contributed by atoms with van der Waals surface area (Å²) in [6, 6.07) is 2.92. The molecule has 5 nitrogen and oxygen atoms in total. The van der Waals surface area contributed by atoms with Gasteiger partial charge in [0.05, 0.1) is 12.0 Å². The average molecular weight is 206 g/mol. The molecule has 5 heteroatoms. The van der Waals surface area contributed by atoms with Crippen LogP contribution >= 0.6 is 0 Å². The van der Waals surface area contributed by atoms with Crippen LogP contribution in [0.1, 0.15) is 16.2 Å². The molecule has 0 aliphatic rings. The fourth-order valence-electron chi connectivity index (χ4n) is 0.774. The van der Waals surface area contributed by atoms with E-state index < -0.39 is 5.97 Å². The van der Waals surface area contributed by atoms with Crippen LogP contribution in [0.3, 0.4) is 0 Å². The van der Waals surface area contributed by atoms with Crippen LogP contribution in [0.5, 0.6) is 0 Å². The van der Waals surface area contributed by atoms with Crippen LogP contribution < -0.4 is 0 Å². The lowest BCUT2D eigenvalue weighted by Gasteiger charge is -1.81. The Morgan fingerprint density at radius 3 is 2.53 bits per heavy atom. The minimum Gasteiger partial charge on any atom is -0.475 e. The molecular weight excluding hydrogens is 196 g/mol. The van der Waals surface area contributed by atoms with Crippen molar-refractivity contribution in [3.63, 3.8) is 0 Å². The van der Waals surface area contributed by atoms with E-state index in [-0.39, 0.29) is 5.76 Å². The Morgan fingerprint density at radius 2 is 2.27 bits per heavy atom. The molecule has 2 rings (SSSR count). The highest BCUT2D eigenvalue weighted by Crippen LogP contribution is 1.97. The summed E-state index contributed by atoms with van der Waals surface area (Å²) in [5.74, 6) is -1.06. The molecule has 0 atom stereocenters. The number of furan rings is 1. The molecule has 0 bridgehead atoms. The summed E-state index contributed by atoms with van der Waals surface area (Å²) in [5, 5.41) is 8.18. The van der Waals surface area contributed by atoms with E-state index in [1.165, 1.54) is 18.4 Å². The number of nitrogens with zero attached hydrogens (tertiary/aromatic N) is 2. The SMILES string of the molecule is Cc1cnccn1.O=C(O)c1ccco1. The lowest BCUT2D eigenvalue weighted by molar-refractivity contribution is 0.0662. The highest BCUT2D eigenvalue weighted by molar-refractivity contribution is 5.84. The fraction of sp³-hybridized carbons (Fsp3) is 0.100. The predicted octanol–water partition coefficient (Wildman–Crippen LogP) is 1.76. The maximum Gasteiger partial charge on any atom is 0.371 e. The summed E-state index contributed by atoms with van der Waals surface area (Å²) in [6.45, 7) is 1.91. The van der Waals surface area contributed by atoms with Crippen molar-refractivity contribution in [3.8, 4) is 0 Å². The monoisotopic (exact) mass is 206 g/mol. The number of rotatable bonds is 1. The largest absolute Gasteiger partial charge is 0.475 e. The molecular formula is C10H10N2O3. The van der Waals surface area contributed by atoms with Gasteiger partial charge in [-0.2, -0.15) is 0 Å². The number of carbonyl (C=O) groups is 1. The number of carboxylic acid groups (broad SMARTS) is 1. The molecule has 0 saturated heterocycles. The first kappa shape index (κ1) is 10.9. The highest BCUT2D eigenvalue weighted by Gasteiger charge is 2.01. The molecule has 0 fully saturated rings. The van der Waals surface area contributed by atoms with Gasteiger partial charge in [-0.3, -0.25) is 9.97 Å². The molecule has 15 heavy (non-hydrogen) atoms. The predicted molar refractivity (Wildman–Crippen MR) is 52.4 cm³/mol. The van der Waals surface area contributed by atoms with Crippen molar-refractivity contribution in [1.82, 2.24) is 9.97 Å². The second-order valence-electron chi connectivity index (χ2n) is 2.63. The fourth-order valence-corrected chi connectivity index (χ4v) is 0.774. The van der Waals surface area contributed by atoms with Gasteiger partial charge in [0.15, 0.2) is 0 Å². The van der Waals surface area contributed by atoms with E-state index in [9.17, 15) is 4.79 Å². The molecule has 0 aromatic carbocycles. The van der Waals surface area contributed by atoms with Gasteiger partial charge < -0.3 is 9.52 Å². The second kappa shape index (κ2) is 5.54.